The highest BCUT2D eigenvalue weighted by Gasteiger charge is 2.01. The van der Waals surface area contributed by atoms with Crippen molar-refractivity contribution in [1.82, 2.24) is 4.98 Å². The third-order valence-corrected chi connectivity index (χ3v) is 2.66. The molecule has 4 heteroatoms. The summed E-state index contributed by atoms with van der Waals surface area (Å²) in [6, 6.07) is 11.5. The summed E-state index contributed by atoms with van der Waals surface area (Å²) in [4.78, 5) is 4.16. The van der Waals surface area contributed by atoms with Crippen LogP contribution in [0.25, 0.3) is 0 Å². The van der Waals surface area contributed by atoms with Gasteiger partial charge in [-0.15, -0.1) is 11.6 Å². The summed E-state index contributed by atoms with van der Waals surface area (Å²) in [7, 11) is 0. The zero-order valence-corrected chi connectivity index (χ0v) is 9.96. The van der Waals surface area contributed by atoms with E-state index in [1.807, 2.05) is 30.3 Å². The Hall–Kier alpha value is -1.25. The van der Waals surface area contributed by atoms with Crippen LogP contribution in [0.1, 0.15) is 5.56 Å². The predicted octanol–water partition coefficient (Wildman–Crippen LogP) is 4.22. The maximum absolute atomic E-state index is 5.84. The molecule has 0 unspecified atom stereocenters. The maximum Gasteiger partial charge on any atom is 0.130 e. The molecule has 0 amide bonds. The van der Waals surface area contributed by atoms with E-state index in [0.29, 0.717) is 10.9 Å². The van der Waals surface area contributed by atoms with Gasteiger partial charge in [0.2, 0.25) is 0 Å². The van der Waals surface area contributed by atoms with Crippen molar-refractivity contribution < 1.29 is 0 Å². The standard InChI is InChI=1S/C12H10Cl2N2/c13-7-9-3-1-2-4-11(9)16-12-6-5-10(14)8-15-12/h1-6,8H,7H2,(H,15,16). The van der Waals surface area contributed by atoms with E-state index in [2.05, 4.69) is 10.3 Å². The zero-order valence-electron chi connectivity index (χ0n) is 8.45. The van der Waals surface area contributed by atoms with Gasteiger partial charge in [-0.3, -0.25) is 0 Å². The second kappa shape index (κ2) is 5.19. The van der Waals surface area contributed by atoms with Gasteiger partial charge in [-0.1, -0.05) is 29.8 Å². The van der Waals surface area contributed by atoms with E-state index in [1.165, 1.54) is 0 Å². The minimum absolute atomic E-state index is 0.469. The van der Waals surface area contributed by atoms with Gasteiger partial charge in [0, 0.05) is 17.8 Å². The molecular weight excluding hydrogens is 243 g/mol. The second-order valence-corrected chi connectivity index (χ2v) is 3.98. The minimum atomic E-state index is 0.469. The largest absolute Gasteiger partial charge is 0.340 e. The third kappa shape index (κ3) is 2.65. The molecule has 82 valence electrons. The van der Waals surface area contributed by atoms with Crippen LogP contribution in [0.3, 0.4) is 0 Å². The number of aromatic nitrogens is 1. The Kier molecular flexibility index (Phi) is 3.65. The Morgan fingerprint density at radius 2 is 1.94 bits per heavy atom. The molecule has 2 aromatic rings. The fourth-order valence-corrected chi connectivity index (χ4v) is 1.69. The molecule has 0 aliphatic rings. The molecule has 1 N–H and O–H groups in total. The quantitative estimate of drug-likeness (QED) is 0.828. The average Bonchev–Trinajstić information content (AvgIpc) is 2.33. The van der Waals surface area contributed by atoms with Crippen LogP contribution in [0.4, 0.5) is 11.5 Å². The van der Waals surface area contributed by atoms with Crippen LogP contribution in [0.15, 0.2) is 42.6 Å². The molecule has 1 heterocycles. The van der Waals surface area contributed by atoms with Crippen molar-refractivity contribution in [2.75, 3.05) is 5.32 Å². The van der Waals surface area contributed by atoms with Crippen LogP contribution in [0.2, 0.25) is 5.02 Å². The molecule has 2 nitrogen and oxygen atoms in total. The molecule has 0 aliphatic heterocycles. The van der Waals surface area contributed by atoms with Gasteiger partial charge in [0.1, 0.15) is 5.82 Å². The number of para-hydroxylation sites is 1. The smallest absolute Gasteiger partial charge is 0.130 e. The Labute approximate surface area is 104 Å². The first-order chi connectivity index (χ1) is 7.79. The van der Waals surface area contributed by atoms with E-state index in [0.717, 1.165) is 17.1 Å². The normalized spacial score (nSPS) is 10.1. The molecule has 16 heavy (non-hydrogen) atoms. The number of anilines is 2. The van der Waals surface area contributed by atoms with Crippen molar-refractivity contribution in [1.29, 1.82) is 0 Å². The number of hydrogen-bond donors (Lipinski definition) is 1. The van der Waals surface area contributed by atoms with Crippen molar-refractivity contribution in [2.45, 2.75) is 5.88 Å². The number of hydrogen-bond acceptors (Lipinski definition) is 2. The highest BCUT2D eigenvalue weighted by atomic mass is 35.5. The summed E-state index contributed by atoms with van der Waals surface area (Å²) >= 11 is 11.6. The number of halogens is 2. The molecule has 0 saturated heterocycles. The van der Waals surface area contributed by atoms with Crippen LogP contribution < -0.4 is 5.32 Å². The topological polar surface area (TPSA) is 24.9 Å². The highest BCUT2D eigenvalue weighted by Crippen LogP contribution is 2.21. The van der Waals surface area contributed by atoms with Crippen LogP contribution in [-0.4, -0.2) is 4.98 Å². The van der Waals surface area contributed by atoms with Crippen molar-refractivity contribution in [3.8, 4) is 0 Å². The first-order valence-electron chi connectivity index (χ1n) is 4.82. The molecule has 0 aliphatic carbocycles. The highest BCUT2D eigenvalue weighted by molar-refractivity contribution is 6.30. The summed E-state index contributed by atoms with van der Waals surface area (Å²) in [6.45, 7) is 0. The number of nitrogens with one attached hydrogen (secondary N) is 1. The number of rotatable bonds is 3. The summed E-state index contributed by atoms with van der Waals surface area (Å²) in [5, 5.41) is 3.82. The first kappa shape index (κ1) is 11.2. The van der Waals surface area contributed by atoms with E-state index in [1.54, 1.807) is 12.3 Å². The van der Waals surface area contributed by atoms with Crippen molar-refractivity contribution in [2.24, 2.45) is 0 Å². The first-order valence-corrected chi connectivity index (χ1v) is 5.73. The Bertz CT molecular complexity index is 469. The number of pyridine rings is 1. The predicted molar refractivity (Wildman–Crippen MR) is 68.5 cm³/mol. The van der Waals surface area contributed by atoms with Gasteiger partial charge < -0.3 is 5.32 Å². The van der Waals surface area contributed by atoms with Gasteiger partial charge in [0.25, 0.3) is 0 Å². The fraction of sp³-hybridized carbons (Fsp3) is 0.0833. The van der Waals surface area contributed by atoms with Crippen molar-refractivity contribution in [3.05, 3.63) is 53.2 Å². The maximum atomic E-state index is 5.84. The summed E-state index contributed by atoms with van der Waals surface area (Å²) in [5.41, 5.74) is 2.01. The lowest BCUT2D eigenvalue weighted by molar-refractivity contribution is 1.29. The Morgan fingerprint density at radius 3 is 2.62 bits per heavy atom. The SMILES string of the molecule is ClCc1ccccc1Nc1ccc(Cl)cn1. The summed E-state index contributed by atoms with van der Waals surface area (Å²) in [6.07, 6.45) is 1.60. The molecular formula is C12H10Cl2N2. The minimum Gasteiger partial charge on any atom is -0.340 e. The number of alkyl halides is 1. The third-order valence-electron chi connectivity index (χ3n) is 2.15. The van der Waals surface area contributed by atoms with E-state index >= 15 is 0 Å². The Morgan fingerprint density at radius 1 is 1.12 bits per heavy atom. The molecule has 0 spiro atoms. The van der Waals surface area contributed by atoms with Gasteiger partial charge in [0.15, 0.2) is 0 Å². The second-order valence-electron chi connectivity index (χ2n) is 3.28. The molecule has 0 radical (unpaired) electrons. The molecule has 0 bridgehead atoms. The molecule has 0 fully saturated rings. The molecule has 0 saturated carbocycles. The van der Waals surface area contributed by atoms with Gasteiger partial charge in [-0.05, 0) is 23.8 Å². The molecule has 2 rings (SSSR count). The van der Waals surface area contributed by atoms with Gasteiger partial charge in [-0.2, -0.15) is 0 Å². The monoisotopic (exact) mass is 252 g/mol. The van der Waals surface area contributed by atoms with Crippen LogP contribution >= 0.6 is 23.2 Å². The van der Waals surface area contributed by atoms with E-state index in [9.17, 15) is 0 Å². The van der Waals surface area contributed by atoms with Crippen molar-refractivity contribution >= 4 is 34.7 Å². The van der Waals surface area contributed by atoms with E-state index in [-0.39, 0.29) is 0 Å². The van der Waals surface area contributed by atoms with Crippen LogP contribution in [0.5, 0.6) is 0 Å². The fourth-order valence-electron chi connectivity index (χ4n) is 1.35. The van der Waals surface area contributed by atoms with Gasteiger partial charge in [-0.25, -0.2) is 4.98 Å². The lowest BCUT2D eigenvalue weighted by Gasteiger charge is -2.09. The summed E-state index contributed by atoms with van der Waals surface area (Å²) in [5.74, 6) is 1.22. The van der Waals surface area contributed by atoms with Gasteiger partial charge >= 0.3 is 0 Å². The number of benzene rings is 1. The molecule has 1 aromatic heterocycles. The van der Waals surface area contributed by atoms with Crippen LogP contribution in [-0.2, 0) is 5.88 Å². The van der Waals surface area contributed by atoms with Gasteiger partial charge in [0.05, 0.1) is 5.02 Å². The molecule has 0 atom stereocenters. The lowest BCUT2D eigenvalue weighted by Crippen LogP contribution is -1.96. The summed E-state index contributed by atoms with van der Waals surface area (Å²) < 4.78 is 0. The van der Waals surface area contributed by atoms with Crippen LogP contribution in [0, 0.1) is 0 Å². The van der Waals surface area contributed by atoms with Crippen molar-refractivity contribution in [3.63, 3.8) is 0 Å². The lowest BCUT2D eigenvalue weighted by atomic mass is 10.2. The van der Waals surface area contributed by atoms with E-state index in [4.69, 9.17) is 23.2 Å². The number of nitrogens with zero attached hydrogens (tertiary/aromatic N) is 1. The molecule has 1 aromatic carbocycles. The van der Waals surface area contributed by atoms with E-state index < -0.39 is 0 Å². The zero-order chi connectivity index (χ0) is 11.4. The average molecular weight is 253 g/mol. The Balaban J connectivity index is 2.23.